The van der Waals surface area contributed by atoms with Crippen molar-refractivity contribution in [2.45, 2.75) is 226 Å². The van der Waals surface area contributed by atoms with Crippen molar-refractivity contribution in [3.63, 3.8) is 0 Å². The summed E-state index contributed by atoms with van der Waals surface area (Å²) >= 11 is 0. The number of rotatable bonds is 35. The first-order valence-electron chi connectivity index (χ1n) is 18.5. The van der Waals surface area contributed by atoms with Gasteiger partial charge in [-0.05, 0) is 12.8 Å². The average molecular weight is 537 g/mol. The van der Waals surface area contributed by atoms with Gasteiger partial charge in [0.25, 0.3) is 0 Å². The van der Waals surface area contributed by atoms with Crippen molar-refractivity contribution in [3.8, 4) is 0 Å². The Hall–Kier alpha value is -0.0400. The van der Waals surface area contributed by atoms with E-state index in [-0.39, 0.29) is 0 Å². The smallest absolute Gasteiger partial charge is 0.0466 e. The first-order valence-corrected chi connectivity index (χ1v) is 18.5. The van der Waals surface area contributed by atoms with Crippen LogP contribution in [0.1, 0.15) is 226 Å². The lowest BCUT2D eigenvalue weighted by molar-refractivity contribution is 0.125. The van der Waals surface area contributed by atoms with Crippen molar-refractivity contribution in [3.05, 3.63) is 0 Å². The predicted molar refractivity (Wildman–Crippen MR) is 175 cm³/mol. The van der Waals surface area contributed by atoms with Crippen LogP contribution in [0.4, 0.5) is 0 Å². The van der Waals surface area contributed by atoms with E-state index >= 15 is 0 Å². The third-order valence-corrected chi connectivity index (χ3v) is 8.53. The summed E-state index contributed by atoms with van der Waals surface area (Å²) < 4.78 is 5.87. The van der Waals surface area contributed by atoms with Crippen LogP contribution in [0, 0.1) is 0 Å². The van der Waals surface area contributed by atoms with Crippen LogP contribution in [0.25, 0.3) is 0 Å². The van der Waals surface area contributed by atoms with Gasteiger partial charge in [0.2, 0.25) is 0 Å². The van der Waals surface area contributed by atoms with E-state index in [2.05, 4.69) is 13.8 Å². The van der Waals surface area contributed by atoms with E-state index in [1.54, 1.807) is 0 Å². The van der Waals surface area contributed by atoms with Crippen LogP contribution >= 0.6 is 0 Å². The molecule has 0 bridgehead atoms. The second-order valence-corrected chi connectivity index (χ2v) is 12.6. The highest BCUT2D eigenvalue weighted by Gasteiger charge is 1.97. The van der Waals surface area contributed by atoms with Crippen molar-refractivity contribution >= 4 is 0 Å². The Morgan fingerprint density at radius 1 is 0.211 bits per heavy atom. The molecule has 0 aromatic carbocycles. The largest absolute Gasteiger partial charge is 0.381 e. The Bertz CT molecular complexity index is 343. The fraction of sp³-hybridized carbons (Fsp3) is 1.00. The highest BCUT2D eigenvalue weighted by molar-refractivity contribution is 4.52. The first kappa shape index (κ1) is 38.0. The summed E-state index contributed by atoms with van der Waals surface area (Å²) in [5.74, 6) is 0. The van der Waals surface area contributed by atoms with Crippen molar-refractivity contribution in [1.29, 1.82) is 0 Å². The molecule has 0 rings (SSSR count). The van der Waals surface area contributed by atoms with Gasteiger partial charge >= 0.3 is 0 Å². The third-order valence-electron chi connectivity index (χ3n) is 8.53. The maximum atomic E-state index is 5.87. The zero-order valence-corrected chi connectivity index (χ0v) is 27.2. The molecule has 0 N–H and O–H groups in total. The SMILES string of the molecule is CCCCCCCCCCCCCCCCCCCCCCOCCCCCCCCCCCCCCC. The lowest BCUT2D eigenvalue weighted by atomic mass is 10.0. The summed E-state index contributed by atoms with van der Waals surface area (Å²) in [5.41, 5.74) is 0. The fourth-order valence-electron chi connectivity index (χ4n) is 5.78. The molecule has 0 fully saturated rings. The maximum Gasteiger partial charge on any atom is 0.0466 e. The normalized spacial score (nSPS) is 11.5. The number of unbranched alkanes of at least 4 members (excludes halogenated alkanes) is 31. The van der Waals surface area contributed by atoms with Crippen molar-refractivity contribution in [2.24, 2.45) is 0 Å². The molecule has 0 atom stereocenters. The summed E-state index contributed by atoms with van der Waals surface area (Å²) in [4.78, 5) is 0. The van der Waals surface area contributed by atoms with Crippen LogP contribution in [0.2, 0.25) is 0 Å². The molecule has 0 aliphatic carbocycles. The Kier molecular flexibility index (Phi) is 36.9. The fourth-order valence-corrected chi connectivity index (χ4v) is 5.78. The molecule has 0 spiro atoms. The highest BCUT2D eigenvalue weighted by Crippen LogP contribution is 2.15. The van der Waals surface area contributed by atoms with Crippen molar-refractivity contribution in [1.82, 2.24) is 0 Å². The highest BCUT2D eigenvalue weighted by atomic mass is 16.5. The standard InChI is InChI=1S/C37H76O/c1-3-5-7-9-11-13-15-17-18-19-20-21-22-23-25-27-29-31-33-35-37-38-36-34-32-30-28-26-24-16-14-12-10-8-6-4-2/h3-37H2,1-2H3. The molecule has 0 radical (unpaired) electrons. The van der Waals surface area contributed by atoms with Gasteiger partial charge in [0.15, 0.2) is 0 Å². The lowest BCUT2D eigenvalue weighted by Gasteiger charge is -2.06. The van der Waals surface area contributed by atoms with Gasteiger partial charge in [0.05, 0.1) is 0 Å². The van der Waals surface area contributed by atoms with E-state index in [0.29, 0.717) is 0 Å². The topological polar surface area (TPSA) is 9.23 Å². The van der Waals surface area contributed by atoms with Crippen molar-refractivity contribution in [2.75, 3.05) is 13.2 Å². The molecule has 0 aliphatic rings. The molecule has 1 heteroatoms. The summed E-state index contributed by atoms with van der Waals surface area (Å²) in [5, 5.41) is 0. The minimum Gasteiger partial charge on any atom is -0.381 e. The molecular weight excluding hydrogens is 460 g/mol. The molecule has 0 aromatic rings. The van der Waals surface area contributed by atoms with Gasteiger partial charge in [-0.2, -0.15) is 0 Å². The second-order valence-electron chi connectivity index (χ2n) is 12.6. The van der Waals surface area contributed by atoms with Gasteiger partial charge in [-0.3, -0.25) is 0 Å². The molecule has 0 aliphatic heterocycles. The van der Waals surface area contributed by atoms with Gasteiger partial charge in [-0.15, -0.1) is 0 Å². The molecule has 38 heavy (non-hydrogen) atoms. The molecule has 230 valence electrons. The zero-order valence-electron chi connectivity index (χ0n) is 27.2. The number of hydrogen-bond acceptors (Lipinski definition) is 1. The summed E-state index contributed by atoms with van der Waals surface area (Å²) in [6.07, 6.45) is 47.5. The molecule has 0 amide bonds. The summed E-state index contributed by atoms with van der Waals surface area (Å²) in [6.45, 7) is 6.60. The zero-order chi connectivity index (χ0) is 27.5. The van der Waals surface area contributed by atoms with E-state index in [0.717, 1.165) is 13.2 Å². The van der Waals surface area contributed by atoms with Gasteiger partial charge in [0.1, 0.15) is 0 Å². The average Bonchev–Trinajstić information content (AvgIpc) is 2.93. The molecule has 0 heterocycles. The molecule has 0 saturated heterocycles. The summed E-state index contributed by atoms with van der Waals surface area (Å²) in [7, 11) is 0. The predicted octanol–water partition coefficient (Wildman–Crippen LogP) is 13.9. The van der Waals surface area contributed by atoms with Crippen LogP contribution in [0.3, 0.4) is 0 Å². The molecule has 0 saturated carbocycles. The van der Waals surface area contributed by atoms with E-state index in [4.69, 9.17) is 4.74 Å². The van der Waals surface area contributed by atoms with Crippen LogP contribution in [-0.2, 0) is 4.74 Å². The van der Waals surface area contributed by atoms with Gasteiger partial charge < -0.3 is 4.74 Å². The summed E-state index contributed by atoms with van der Waals surface area (Å²) in [6, 6.07) is 0. The van der Waals surface area contributed by atoms with Crippen LogP contribution < -0.4 is 0 Å². The first-order chi connectivity index (χ1) is 18.9. The molecule has 0 unspecified atom stereocenters. The Balaban J connectivity index is 3.01. The molecule has 1 nitrogen and oxygen atoms in total. The third kappa shape index (κ3) is 36.0. The Labute approximate surface area is 243 Å². The Morgan fingerprint density at radius 3 is 0.553 bits per heavy atom. The number of ether oxygens (including phenoxy) is 1. The molecule has 0 aromatic heterocycles. The van der Waals surface area contributed by atoms with Crippen LogP contribution in [-0.4, -0.2) is 13.2 Å². The minimum atomic E-state index is 0.997. The molecular formula is C37H76O. The lowest BCUT2D eigenvalue weighted by Crippen LogP contribution is -1.97. The van der Waals surface area contributed by atoms with E-state index in [9.17, 15) is 0 Å². The van der Waals surface area contributed by atoms with E-state index in [1.807, 2.05) is 0 Å². The monoisotopic (exact) mass is 537 g/mol. The Morgan fingerprint density at radius 2 is 0.368 bits per heavy atom. The second kappa shape index (κ2) is 37.0. The maximum absolute atomic E-state index is 5.87. The minimum absolute atomic E-state index is 0.997. The van der Waals surface area contributed by atoms with Crippen LogP contribution in [0.5, 0.6) is 0 Å². The van der Waals surface area contributed by atoms with Gasteiger partial charge in [-0.25, -0.2) is 0 Å². The van der Waals surface area contributed by atoms with Gasteiger partial charge in [0, 0.05) is 13.2 Å². The van der Waals surface area contributed by atoms with E-state index in [1.165, 1.54) is 212 Å². The number of hydrogen-bond donors (Lipinski definition) is 0. The van der Waals surface area contributed by atoms with Crippen molar-refractivity contribution < 1.29 is 4.74 Å². The van der Waals surface area contributed by atoms with Gasteiger partial charge in [-0.1, -0.05) is 213 Å². The van der Waals surface area contributed by atoms with E-state index < -0.39 is 0 Å². The quantitative estimate of drug-likeness (QED) is 0.0732. The van der Waals surface area contributed by atoms with Crippen LogP contribution in [0.15, 0.2) is 0 Å².